The molecule has 0 aromatic heterocycles. The zero-order chi connectivity index (χ0) is 16.3. The van der Waals surface area contributed by atoms with E-state index in [4.69, 9.17) is 9.73 Å². The molecule has 2 N–H and O–H groups in total. The Bertz CT molecular complexity index is 338. The zero-order valence-electron chi connectivity index (χ0n) is 15.1. The van der Waals surface area contributed by atoms with Gasteiger partial charge in [0.05, 0.1) is 6.54 Å². The molecule has 5 nitrogen and oxygen atoms in total. The molecule has 1 unspecified atom stereocenters. The van der Waals surface area contributed by atoms with Crippen molar-refractivity contribution in [3.8, 4) is 0 Å². The molecule has 0 aromatic carbocycles. The van der Waals surface area contributed by atoms with Crippen molar-refractivity contribution in [3.63, 3.8) is 0 Å². The molecule has 1 aliphatic carbocycles. The van der Waals surface area contributed by atoms with Crippen LogP contribution < -0.4 is 10.6 Å². The number of nitrogens with zero attached hydrogens (tertiary/aromatic N) is 2. The smallest absolute Gasteiger partial charge is 0.191 e. The van der Waals surface area contributed by atoms with Gasteiger partial charge < -0.3 is 15.4 Å². The van der Waals surface area contributed by atoms with E-state index in [9.17, 15) is 0 Å². The van der Waals surface area contributed by atoms with Crippen LogP contribution in [0.25, 0.3) is 0 Å². The van der Waals surface area contributed by atoms with Crippen LogP contribution >= 0.6 is 0 Å². The first-order chi connectivity index (χ1) is 11.3. The monoisotopic (exact) mass is 324 g/mol. The summed E-state index contributed by atoms with van der Waals surface area (Å²) in [6.45, 7) is 11.4. The quantitative estimate of drug-likeness (QED) is 0.348. The molecule has 23 heavy (non-hydrogen) atoms. The average Bonchev–Trinajstić information content (AvgIpc) is 3.23. The topological polar surface area (TPSA) is 48.9 Å². The Morgan fingerprint density at radius 3 is 2.65 bits per heavy atom. The van der Waals surface area contributed by atoms with Gasteiger partial charge in [-0.25, -0.2) is 0 Å². The van der Waals surface area contributed by atoms with E-state index in [1.165, 1.54) is 45.2 Å². The van der Waals surface area contributed by atoms with Gasteiger partial charge in [-0.05, 0) is 64.5 Å². The minimum Gasteiger partial charge on any atom is -0.381 e. The summed E-state index contributed by atoms with van der Waals surface area (Å²) in [5, 5.41) is 6.79. The molecule has 2 rings (SSSR count). The number of rotatable bonds is 11. The summed E-state index contributed by atoms with van der Waals surface area (Å²) >= 11 is 0. The van der Waals surface area contributed by atoms with Crippen LogP contribution in [0.4, 0.5) is 0 Å². The second-order valence-corrected chi connectivity index (χ2v) is 6.82. The zero-order valence-corrected chi connectivity index (χ0v) is 15.1. The lowest BCUT2D eigenvalue weighted by molar-refractivity contribution is 0.123. The van der Waals surface area contributed by atoms with Crippen molar-refractivity contribution in [3.05, 3.63) is 0 Å². The van der Waals surface area contributed by atoms with Gasteiger partial charge in [-0.3, -0.25) is 9.89 Å². The largest absolute Gasteiger partial charge is 0.381 e. The fraction of sp³-hybridized carbons (Fsp3) is 0.944. The Kier molecular flexibility index (Phi) is 8.76. The van der Waals surface area contributed by atoms with E-state index in [1.54, 1.807) is 0 Å². The molecular weight excluding hydrogens is 288 g/mol. The van der Waals surface area contributed by atoms with Crippen molar-refractivity contribution in [1.29, 1.82) is 0 Å². The van der Waals surface area contributed by atoms with Crippen LogP contribution in [0.5, 0.6) is 0 Å². The number of hydrogen-bond donors (Lipinski definition) is 2. The highest BCUT2D eigenvalue weighted by atomic mass is 16.5. The van der Waals surface area contributed by atoms with Crippen LogP contribution in [-0.4, -0.2) is 62.8 Å². The Balaban J connectivity index is 1.63. The number of nitrogens with one attached hydrogen (secondary N) is 2. The van der Waals surface area contributed by atoms with Gasteiger partial charge in [-0.15, -0.1) is 0 Å². The first-order valence-electron chi connectivity index (χ1n) is 9.67. The number of likely N-dealkylation sites (tertiary alicyclic amines) is 1. The molecule has 5 heteroatoms. The van der Waals surface area contributed by atoms with Crippen molar-refractivity contribution in [1.82, 2.24) is 15.5 Å². The maximum Gasteiger partial charge on any atom is 0.191 e. The molecule has 1 saturated carbocycles. The van der Waals surface area contributed by atoms with Gasteiger partial charge >= 0.3 is 0 Å². The molecule has 1 aliphatic heterocycles. The SMILES string of the molecule is CCNC(=NCC(CC)N1CCCC1)NCCCOCC1CC1. The van der Waals surface area contributed by atoms with E-state index in [0.717, 1.165) is 51.1 Å². The molecular formula is C18H36N4O. The summed E-state index contributed by atoms with van der Waals surface area (Å²) in [4.78, 5) is 7.39. The van der Waals surface area contributed by atoms with Gasteiger partial charge in [0.15, 0.2) is 5.96 Å². The van der Waals surface area contributed by atoms with Gasteiger partial charge in [0.1, 0.15) is 0 Å². The molecule has 1 atom stereocenters. The number of hydrogen-bond acceptors (Lipinski definition) is 3. The summed E-state index contributed by atoms with van der Waals surface area (Å²) in [5.74, 6) is 1.81. The Labute approximate surface area is 142 Å². The van der Waals surface area contributed by atoms with E-state index >= 15 is 0 Å². The summed E-state index contributed by atoms with van der Waals surface area (Å²) in [5.41, 5.74) is 0. The number of ether oxygens (including phenoxy) is 1. The summed E-state index contributed by atoms with van der Waals surface area (Å²) < 4.78 is 5.68. The molecule has 2 fully saturated rings. The molecule has 0 amide bonds. The fourth-order valence-electron chi connectivity index (χ4n) is 3.06. The summed E-state index contributed by atoms with van der Waals surface area (Å²) in [7, 11) is 0. The van der Waals surface area contributed by atoms with E-state index in [-0.39, 0.29) is 0 Å². The second-order valence-electron chi connectivity index (χ2n) is 6.82. The average molecular weight is 325 g/mol. The van der Waals surface area contributed by atoms with E-state index in [0.29, 0.717) is 6.04 Å². The summed E-state index contributed by atoms with van der Waals surface area (Å²) in [6, 6.07) is 0.592. The Hall–Kier alpha value is -0.810. The number of aliphatic imine (C=N–C) groups is 1. The van der Waals surface area contributed by atoms with Crippen molar-refractivity contribution in [2.45, 2.75) is 58.4 Å². The molecule has 0 bridgehead atoms. The van der Waals surface area contributed by atoms with Crippen LogP contribution in [0.1, 0.15) is 52.4 Å². The minimum absolute atomic E-state index is 0.592. The lowest BCUT2D eigenvalue weighted by Crippen LogP contribution is -2.40. The lowest BCUT2D eigenvalue weighted by Gasteiger charge is -2.25. The van der Waals surface area contributed by atoms with Crippen LogP contribution in [0, 0.1) is 5.92 Å². The first-order valence-corrected chi connectivity index (χ1v) is 9.67. The third-order valence-corrected chi connectivity index (χ3v) is 4.74. The van der Waals surface area contributed by atoms with Gasteiger partial charge in [-0.2, -0.15) is 0 Å². The van der Waals surface area contributed by atoms with Gasteiger partial charge in [0.25, 0.3) is 0 Å². The van der Waals surface area contributed by atoms with Crippen LogP contribution in [0.15, 0.2) is 4.99 Å². The molecule has 0 spiro atoms. The highest BCUT2D eigenvalue weighted by Gasteiger charge is 2.21. The van der Waals surface area contributed by atoms with Crippen LogP contribution in [0.2, 0.25) is 0 Å². The van der Waals surface area contributed by atoms with Crippen LogP contribution in [0.3, 0.4) is 0 Å². The highest BCUT2D eigenvalue weighted by molar-refractivity contribution is 5.79. The minimum atomic E-state index is 0.592. The van der Waals surface area contributed by atoms with Crippen molar-refractivity contribution in [2.24, 2.45) is 10.9 Å². The third kappa shape index (κ3) is 7.53. The van der Waals surface area contributed by atoms with E-state index < -0.39 is 0 Å². The van der Waals surface area contributed by atoms with E-state index in [2.05, 4.69) is 29.4 Å². The lowest BCUT2D eigenvalue weighted by atomic mass is 10.2. The molecule has 1 saturated heterocycles. The predicted octanol–water partition coefficient (Wildman–Crippen LogP) is 2.23. The molecule has 0 radical (unpaired) electrons. The highest BCUT2D eigenvalue weighted by Crippen LogP contribution is 2.28. The van der Waals surface area contributed by atoms with Crippen molar-refractivity contribution >= 4 is 5.96 Å². The van der Waals surface area contributed by atoms with Gasteiger partial charge in [0.2, 0.25) is 0 Å². The normalized spacial score (nSPS) is 20.7. The number of guanidine groups is 1. The van der Waals surface area contributed by atoms with Gasteiger partial charge in [-0.1, -0.05) is 6.92 Å². The summed E-state index contributed by atoms with van der Waals surface area (Å²) in [6.07, 6.45) is 7.65. The maximum absolute atomic E-state index is 5.68. The third-order valence-electron chi connectivity index (χ3n) is 4.74. The fourth-order valence-corrected chi connectivity index (χ4v) is 3.06. The first kappa shape index (κ1) is 18.5. The Morgan fingerprint density at radius 1 is 1.22 bits per heavy atom. The molecule has 2 aliphatic rings. The Morgan fingerprint density at radius 2 is 2.00 bits per heavy atom. The van der Waals surface area contributed by atoms with Crippen LogP contribution in [-0.2, 0) is 4.74 Å². The predicted molar refractivity (Wildman–Crippen MR) is 97.0 cm³/mol. The standard InChI is InChI=1S/C18H36N4O/c1-3-17(22-11-5-6-12-22)14-21-18(19-4-2)20-10-7-13-23-15-16-8-9-16/h16-17H,3-15H2,1-2H3,(H2,19,20,21). The molecule has 0 aromatic rings. The van der Waals surface area contributed by atoms with Crippen molar-refractivity contribution in [2.75, 3.05) is 45.9 Å². The van der Waals surface area contributed by atoms with Crippen molar-refractivity contribution < 1.29 is 4.74 Å². The van der Waals surface area contributed by atoms with E-state index in [1.807, 2.05) is 0 Å². The maximum atomic E-state index is 5.68. The van der Waals surface area contributed by atoms with Gasteiger partial charge in [0, 0.05) is 32.3 Å². The molecule has 134 valence electrons. The molecule has 1 heterocycles. The second kappa shape index (κ2) is 10.9.